The molecule has 0 saturated carbocycles. The number of piperidine rings is 1. The fourth-order valence-corrected chi connectivity index (χ4v) is 2.90. The van der Waals surface area contributed by atoms with Gasteiger partial charge in [-0.2, -0.15) is 11.8 Å². The molecule has 21 heavy (non-hydrogen) atoms. The third-order valence-electron chi connectivity index (χ3n) is 3.63. The van der Waals surface area contributed by atoms with Crippen LogP contribution >= 0.6 is 11.8 Å². The van der Waals surface area contributed by atoms with E-state index in [2.05, 4.69) is 22.1 Å². The van der Waals surface area contributed by atoms with Crippen molar-refractivity contribution in [3.8, 4) is 0 Å². The standard InChI is InChI=1S/C15H24N4OS/c1-12-4-7-19(8-5-12)14-3-2-13(10-17-14)18-15(20)11-21-9-6-16/h2-3,10,12H,4-9,11,16H2,1H3,(H,18,20). The Morgan fingerprint density at radius 3 is 2.86 bits per heavy atom. The number of aromatic nitrogens is 1. The molecule has 0 spiro atoms. The molecular weight excluding hydrogens is 284 g/mol. The van der Waals surface area contributed by atoms with E-state index in [0.717, 1.165) is 36.3 Å². The normalized spacial score (nSPS) is 16.0. The van der Waals surface area contributed by atoms with Gasteiger partial charge in [-0.1, -0.05) is 6.92 Å². The topological polar surface area (TPSA) is 71.2 Å². The lowest BCUT2D eigenvalue weighted by Crippen LogP contribution is -2.33. The Bertz CT molecular complexity index is 443. The Balaban J connectivity index is 1.83. The number of amides is 1. The number of rotatable bonds is 6. The van der Waals surface area contributed by atoms with E-state index in [1.807, 2.05) is 12.1 Å². The molecule has 1 saturated heterocycles. The first-order chi connectivity index (χ1) is 10.2. The zero-order valence-electron chi connectivity index (χ0n) is 12.5. The molecule has 1 fully saturated rings. The largest absolute Gasteiger partial charge is 0.357 e. The van der Waals surface area contributed by atoms with Gasteiger partial charge in [0.2, 0.25) is 5.91 Å². The smallest absolute Gasteiger partial charge is 0.234 e. The monoisotopic (exact) mass is 308 g/mol. The van der Waals surface area contributed by atoms with Crippen molar-refractivity contribution in [2.45, 2.75) is 19.8 Å². The zero-order valence-corrected chi connectivity index (χ0v) is 13.4. The first-order valence-corrected chi connectivity index (χ1v) is 8.63. The number of thioether (sulfide) groups is 1. The molecule has 0 atom stereocenters. The number of hydrogen-bond acceptors (Lipinski definition) is 5. The third kappa shape index (κ3) is 5.21. The van der Waals surface area contributed by atoms with Gasteiger partial charge in [-0.05, 0) is 30.9 Å². The van der Waals surface area contributed by atoms with Crippen LogP contribution in [-0.4, -0.2) is 42.0 Å². The molecule has 1 aliphatic heterocycles. The van der Waals surface area contributed by atoms with Crippen molar-refractivity contribution >= 4 is 29.2 Å². The Kier molecular flexibility index (Phi) is 6.32. The Morgan fingerprint density at radius 2 is 2.24 bits per heavy atom. The van der Waals surface area contributed by atoms with Crippen LogP contribution < -0.4 is 16.0 Å². The summed E-state index contributed by atoms with van der Waals surface area (Å²) in [6, 6.07) is 3.91. The summed E-state index contributed by atoms with van der Waals surface area (Å²) in [5.74, 6) is 3.04. The minimum Gasteiger partial charge on any atom is -0.357 e. The Hall–Kier alpha value is -1.27. The lowest BCUT2D eigenvalue weighted by molar-refractivity contribution is -0.113. The minimum absolute atomic E-state index is 0.00482. The maximum atomic E-state index is 11.7. The predicted molar refractivity (Wildman–Crippen MR) is 89.9 cm³/mol. The highest BCUT2D eigenvalue weighted by Gasteiger charge is 2.16. The van der Waals surface area contributed by atoms with E-state index in [1.165, 1.54) is 12.8 Å². The number of nitrogens with one attached hydrogen (secondary N) is 1. The Morgan fingerprint density at radius 1 is 1.48 bits per heavy atom. The van der Waals surface area contributed by atoms with Crippen molar-refractivity contribution in [2.24, 2.45) is 11.7 Å². The molecule has 1 amide bonds. The molecule has 1 aromatic rings. The molecule has 1 aromatic heterocycles. The van der Waals surface area contributed by atoms with Crippen LogP contribution in [0.15, 0.2) is 18.3 Å². The zero-order chi connectivity index (χ0) is 15.1. The van der Waals surface area contributed by atoms with Gasteiger partial charge in [0.05, 0.1) is 17.6 Å². The minimum atomic E-state index is -0.00482. The van der Waals surface area contributed by atoms with E-state index in [-0.39, 0.29) is 5.91 Å². The maximum Gasteiger partial charge on any atom is 0.234 e. The average molecular weight is 308 g/mol. The molecule has 2 heterocycles. The highest BCUT2D eigenvalue weighted by atomic mass is 32.2. The molecule has 0 aliphatic carbocycles. The van der Waals surface area contributed by atoms with Crippen molar-refractivity contribution < 1.29 is 4.79 Å². The number of carbonyl (C=O) groups is 1. The van der Waals surface area contributed by atoms with E-state index in [9.17, 15) is 4.79 Å². The van der Waals surface area contributed by atoms with Crippen LogP contribution in [0.2, 0.25) is 0 Å². The summed E-state index contributed by atoms with van der Waals surface area (Å²) in [5.41, 5.74) is 6.15. The molecular formula is C15H24N4OS. The van der Waals surface area contributed by atoms with Crippen molar-refractivity contribution in [1.29, 1.82) is 0 Å². The second-order valence-electron chi connectivity index (χ2n) is 5.46. The van der Waals surface area contributed by atoms with E-state index in [1.54, 1.807) is 18.0 Å². The summed E-state index contributed by atoms with van der Waals surface area (Å²) in [4.78, 5) is 18.5. The molecule has 2 rings (SSSR count). The molecule has 5 nitrogen and oxygen atoms in total. The quantitative estimate of drug-likeness (QED) is 0.786. The predicted octanol–water partition coefficient (Wildman–Crippen LogP) is 1.95. The number of pyridine rings is 1. The molecule has 6 heteroatoms. The third-order valence-corrected chi connectivity index (χ3v) is 4.63. The summed E-state index contributed by atoms with van der Waals surface area (Å²) < 4.78 is 0. The molecule has 0 aromatic carbocycles. The summed E-state index contributed by atoms with van der Waals surface area (Å²) in [7, 11) is 0. The number of nitrogens with two attached hydrogens (primary N) is 1. The van der Waals surface area contributed by atoms with Crippen LogP contribution in [0.3, 0.4) is 0 Å². The van der Waals surface area contributed by atoms with Gasteiger partial charge in [0.15, 0.2) is 0 Å². The number of carbonyl (C=O) groups excluding carboxylic acids is 1. The number of nitrogens with zero attached hydrogens (tertiary/aromatic N) is 2. The van der Waals surface area contributed by atoms with Gasteiger partial charge in [-0.3, -0.25) is 4.79 Å². The lowest BCUT2D eigenvalue weighted by atomic mass is 9.99. The second kappa shape index (κ2) is 8.24. The number of anilines is 2. The molecule has 0 radical (unpaired) electrons. The van der Waals surface area contributed by atoms with Gasteiger partial charge < -0.3 is 16.0 Å². The molecule has 116 valence electrons. The Labute approximate surface area is 130 Å². The molecule has 3 N–H and O–H groups in total. The van der Waals surface area contributed by atoms with Crippen molar-refractivity contribution in [2.75, 3.05) is 41.4 Å². The summed E-state index contributed by atoms with van der Waals surface area (Å²) in [6.07, 6.45) is 4.18. The van der Waals surface area contributed by atoms with E-state index < -0.39 is 0 Å². The van der Waals surface area contributed by atoms with Gasteiger partial charge in [0.1, 0.15) is 5.82 Å². The van der Waals surface area contributed by atoms with Crippen LogP contribution in [0, 0.1) is 5.92 Å². The van der Waals surface area contributed by atoms with Crippen LogP contribution in [0.5, 0.6) is 0 Å². The first-order valence-electron chi connectivity index (χ1n) is 7.47. The van der Waals surface area contributed by atoms with Gasteiger partial charge in [0, 0.05) is 25.4 Å². The fraction of sp³-hybridized carbons (Fsp3) is 0.600. The first kappa shape index (κ1) is 16.1. The van der Waals surface area contributed by atoms with E-state index in [4.69, 9.17) is 5.73 Å². The van der Waals surface area contributed by atoms with Crippen LogP contribution in [0.4, 0.5) is 11.5 Å². The SMILES string of the molecule is CC1CCN(c2ccc(NC(=O)CSCCN)cn2)CC1. The van der Waals surface area contributed by atoms with Gasteiger partial charge in [0.25, 0.3) is 0 Å². The number of hydrogen-bond donors (Lipinski definition) is 2. The summed E-state index contributed by atoms with van der Waals surface area (Å²) >= 11 is 1.54. The van der Waals surface area contributed by atoms with Gasteiger partial charge in [-0.15, -0.1) is 0 Å². The van der Waals surface area contributed by atoms with Crippen LogP contribution in [0.25, 0.3) is 0 Å². The highest BCUT2D eigenvalue weighted by molar-refractivity contribution is 7.99. The summed E-state index contributed by atoms with van der Waals surface area (Å²) in [5, 5.41) is 2.86. The molecule has 0 unspecified atom stereocenters. The molecule has 1 aliphatic rings. The summed E-state index contributed by atoms with van der Waals surface area (Å²) in [6.45, 7) is 5.03. The fourth-order valence-electron chi connectivity index (χ4n) is 2.33. The van der Waals surface area contributed by atoms with Gasteiger partial charge >= 0.3 is 0 Å². The van der Waals surface area contributed by atoms with E-state index >= 15 is 0 Å². The second-order valence-corrected chi connectivity index (χ2v) is 6.57. The highest BCUT2D eigenvalue weighted by Crippen LogP contribution is 2.22. The van der Waals surface area contributed by atoms with Crippen LogP contribution in [0.1, 0.15) is 19.8 Å². The van der Waals surface area contributed by atoms with Crippen molar-refractivity contribution in [3.05, 3.63) is 18.3 Å². The van der Waals surface area contributed by atoms with E-state index in [0.29, 0.717) is 12.3 Å². The molecule has 0 bridgehead atoms. The van der Waals surface area contributed by atoms with Crippen molar-refractivity contribution in [3.63, 3.8) is 0 Å². The maximum absolute atomic E-state index is 11.7. The van der Waals surface area contributed by atoms with Gasteiger partial charge in [-0.25, -0.2) is 4.98 Å². The van der Waals surface area contributed by atoms with Crippen molar-refractivity contribution in [1.82, 2.24) is 4.98 Å². The lowest BCUT2D eigenvalue weighted by Gasteiger charge is -2.31. The van der Waals surface area contributed by atoms with Crippen LogP contribution in [-0.2, 0) is 4.79 Å². The average Bonchev–Trinajstić information content (AvgIpc) is 2.49.